The smallest absolute Gasteiger partial charge is 0.276 e. The maximum atomic E-state index is 12.4. The average molecular weight is 364 g/mol. The number of hydrogen-bond acceptors (Lipinski definition) is 6. The van der Waals surface area contributed by atoms with Gasteiger partial charge in [-0.3, -0.25) is 4.79 Å². The van der Waals surface area contributed by atoms with Gasteiger partial charge in [0.25, 0.3) is 5.91 Å². The van der Waals surface area contributed by atoms with E-state index >= 15 is 0 Å². The van der Waals surface area contributed by atoms with Crippen LogP contribution in [0.25, 0.3) is 0 Å². The molecule has 1 heterocycles. The van der Waals surface area contributed by atoms with Crippen molar-refractivity contribution in [3.63, 3.8) is 0 Å². The van der Waals surface area contributed by atoms with Crippen molar-refractivity contribution >= 4 is 23.1 Å². The van der Waals surface area contributed by atoms with Crippen LogP contribution in [0.15, 0.2) is 60.7 Å². The molecule has 1 amide bonds. The molecule has 0 atom stereocenters. The monoisotopic (exact) mass is 364 g/mol. The highest BCUT2D eigenvalue weighted by Gasteiger charge is 2.12. The molecule has 0 fully saturated rings. The van der Waals surface area contributed by atoms with Crippen molar-refractivity contribution in [2.24, 2.45) is 0 Å². The van der Waals surface area contributed by atoms with Crippen LogP contribution in [0.3, 0.4) is 0 Å². The van der Waals surface area contributed by atoms with E-state index in [1.54, 1.807) is 31.4 Å². The molecule has 0 bridgehead atoms. The average Bonchev–Trinajstić information content (AvgIpc) is 2.70. The molecule has 0 aliphatic heterocycles. The first-order valence-corrected chi connectivity index (χ1v) is 8.48. The molecule has 27 heavy (non-hydrogen) atoms. The summed E-state index contributed by atoms with van der Waals surface area (Å²) in [7, 11) is 1.55. The number of nitrogens with zero attached hydrogens (tertiary/aromatic N) is 2. The second kappa shape index (κ2) is 8.66. The number of rotatable bonds is 7. The predicted octanol–water partition coefficient (Wildman–Crippen LogP) is 3.88. The zero-order valence-corrected chi connectivity index (χ0v) is 15.1. The Hall–Kier alpha value is -3.61. The molecule has 2 aromatic carbocycles. The lowest BCUT2D eigenvalue weighted by Crippen LogP contribution is -2.15. The fourth-order valence-corrected chi connectivity index (χ4v) is 2.44. The summed E-state index contributed by atoms with van der Waals surface area (Å²) in [5.74, 6) is 1.44. The zero-order chi connectivity index (χ0) is 19.1. The molecule has 3 rings (SSSR count). The number of hydrogen-bond donors (Lipinski definition) is 2. The van der Waals surface area contributed by atoms with E-state index in [0.717, 1.165) is 11.4 Å². The summed E-state index contributed by atoms with van der Waals surface area (Å²) in [5.41, 5.74) is 1.55. The minimum atomic E-state index is -0.367. The van der Waals surface area contributed by atoms with Crippen molar-refractivity contribution in [2.75, 3.05) is 24.4 Å². The fraction of sp³-hybridized carbons (Fsp3) is 0.150. The van der Waals surface area contributed by atoms with Crippen LogP contribution in [-0.2, 0) is 0 Å². The normalized spacial score (nSPS) is 10.1. The van der Waals surface area contributed by atoms with Crippen LogP contribution in [0.5, 0.6) is 11.5 Å². The third-order valence-corrected chi connectivity index (χ3v) is 3.70. The molecule has 1 aromatic heterocycles. The molecule has 3 aromatic rings. The molecule has 0 aliphatic carbocycles. The van der Waals surface area contributed by atoms with Gasteiger partial charge in [0, 0.05) is 0 Å². The number of benzene rings is 2. The molecule has 0 saturated carbocycles. The third-order valence-electron chi connectivity index (χ3n) is 3.70. The quantitative estimate of drug-likeness (QED) is 0.662. The molecule has 0 saturated heterocycles. The van der Waals surface area contributed by atoms with Gasteiger partial charge in [0.2, 0.25) is 0 Å². The molecule has 0 aliphatic rings. The molecule has 7 heteroatoms. The Kier molecular flexibility index (Phi) is 5.84. The van der Waals surface area contributed by atoms with Crippen LogP contribution in [0, 0.1) is 0 Å². The largest absolute Gasteiger partial charge is 0.495 e. The first-order chi connectivity index (χ1) is 13.2. The minimum absolute atomic E-state index is 0.199. The van der Waals surface area contributed by atoms with E-state index in [9.17, 15) is 4.79 Å². The van der Waals surface area contributed by atoms with E-state index in [2.05, 4.69) is 20.8 Å². The maximum Gasteiger partial charge on any atom is 0.276 e. The Morgan fingerprint density at radius 3 is 2.30 bits per heavy atom. The number of methoxy groups -OCH3 is 1. The van der Waals surface area contributed by atoms with Gasteiger partial charge in [0.15, 0.2) is 11.5 Å². The summed E-state index contributed by atoms with van der Waals surface area (Å²) in [5, 5.41) is 14.0. The number of para-hydroxylation sites is 4. The highest BCUT2D eigenvalue weighted by molar-refractivity contribution is 6.03. The van der Waals surface area contributed by atoms with E-state index in [4.69, 9.17) is 9.47 Å². The lowest BCUT2D eigenvalue weighted by Gasteiger charge is -2.11. The molecule has 0 radical (unpaired) electrons. The lowest BCUT2D eigenvalue weighted by molar-refractivity contribution is 0.102. The Bertz CT molecular complexity index is 913. The second-order valence-electron chi connectivity index (χ2n) is 5.51. The van der Waals surface area contributed by atoms with Crippen LogP contribution >= 0.6 is 0 Å². The minimum Gasteiger partial charge on any atom is -0.495 e. The Morgan fingerprint density at radius 1 is 0.926 bits per heavy atom. The molecule has 0 unspecified atom stereocenters. The molecular weight excluding hydrogens is 344 g/mol. The van der Waals surface area contributed by atoms with Crippen molar-refractivity contribution < 1.29 is 14.3 Å². The van der Waals surface area contributed by atoms with Crippen molar-refractivity contribution in [3.8, 4) is 11.5 Å². The van der Waals surface area contributed by atoms with Crippen LogP contribution < -0.4 is 20.1 Å². The van der Waals surface area contributed by atoms with Gasteiger partial charge in [-0.05, 0) is 43.3 Å². The molecule has 7 nitrogen and oxygen atoms in total. The van der Waals surface area contributed by atoms with E-state index < -0.39 is 0 Å². The predicted molar refractivity (Wildman–Crippen MR) is 104 cm³/mol. The topological polar surface area (TPSA) is 85.4 Å². The van der Waals surface area contributed by atoms with Gasteiger partial charge in [-0.1, -0.05) is 24.3 Å². The molecule has 138 valence electrons. The van der Waals surface area contributed by atoms with E-state index in [1.165, 1.54) is 0 Å². The van der Waals surface area contributed by atoms with E-state index in [1.807, 2.05) is 43.3 Å². The fourth-order valence-electron chi connectivity index (χ4n) is 2.44. The summed E-state index contributed by atoms with van der Waals surface area (Å²) in [6.07, 6.45) is 0. The van der Waals surface area contributed by atoms with Crippen LogP contribution in [0.2, 0.25) is 0 Å². The summed E-state index contributed by atoms with van der Waals surface area (Å²) in [6.45, 7) is 2.48. The number of aromatic nitrogens is 2. The number of ether oxygens (including phenoxy) is 2. The van der Waals surface area contributed by atoms with Gasteiger partial charge in [-0.15, -0.1) is 10.2 Å². The summed E-state index contributed by atoms with van der Waals surface area (Å²) < 4.78 is 10.8. The summed E-state index contributed by atoms with van der Waals surface area (Å²) in [4.78, 5) is 12.4. The molecule has 0 spiro atoms. The number of carbonyl (C=O) groups is 1. The highest BCUT2D eigenvalue weighted by atomic mass is 16.5. The summed E-state index contributed by atoms with van der Waals surface area (Å²) >= 11 is 0. The zero-order valence-electron chi connectivity index (χ0n) is 15.1. The van der Waals surface area contributed by atoms with Crippen molar-refractivity contribution in [2.45, 2.75) is 6.92 Å². The van der Waals surface area contributed by atoms with Crippen LogP contribution in [-0.4, -0.2) is 29.8 Å². The Morgan fingerprint density at radius 2 is 1.63 bits per heavy atom. The SMILES string of the molecule is CCOc1ccccc1Nc1ccc(C(=O)Nc2ccccc2OC)nn1. The van der Waals surface area contributed by atoms with Crippen molar-refractivity contribution in [1.82, 2.24) is 10.2 Å². The van der Waals surface area contributed by atoms with E-state index in [0.29, 0.717) is 23.9 Å². The van der Waals surface area contributed by atoms with Gasteiger partial charge in [0.05, 0.1) is 25.1 Å². The second-order valence-corrected chi connectivity index (χ2v) is 5.51. The van der Waals surface area contributed by atoms with Gasteiger partial charge in [-0.2, -0.15) is 0 Å². The van der Waals surface area contributed by atoms with Gasteiger partial charge in [-0.25, -0.2) is 0 Å². The molecule has 2 N–H and O–H groups in total. The third kappa shape index (κ3) is 4.52. The van der Waals surface area contributed by atoms with Crippen molar-refractivity contribution in [1.29, 1.82) is 0 Å². The number of carbonyl (C=O) groups excluding carboxylic acids is 1. The standard InChI is InChI=1S/C20H20N4O3/c1-3-27-18-11-7-5-9-15(18)21-19-13-12-16(23-24-19)20(25)22-14-8-4-6-10-17(14)26-2/h4-13H,3H2,1-2H3,(H,21,24)(H,22,25). The number of anilines is 3. The highest BCUT2D eigenvalue weighted by Crippen LogP contribution is 2.26. The first-order valence-electron chi connectivity index (χ1n) is 8.48. The van der Waals surface area contributed by atoms with Gasteiger partial charge in [0.1, 0.15) is 11.5 Å². The Labute approximate surface area is 157 Å². The van der Waals surface area contributed by atoms with Gasteiger partial charge < -0.3 is 20.1 Å². The first kappa shape index (κ1) is 18.2. The van der Waals surface area contributed by atoms with Crippen LogP contribution in [0.1, 0.15) is 17.4 Å². The molecular formula is C20H20N4O3. The van der Waals surface area contributed by atoms with Gasteiger partial charge >= 0.3 is 0 Å². The Balaban J connectivity index is 1.71. The lowest BCUT2D eigenvalue weighted by atomic mass is 10.2. The maximum absolute atomic E-state index is 12.4. The van der Waals surface area contributed by atoms with Crippen LogP contribution in [0.4, 0.5) is 17.2 Å². The number of nitrogens with one attached hydrogen (secondary N) is 2. The number of amides is 1. The van der Waals surface area contributed by atoms with Crippen molar-refractivity contribution in [3.05, 3.63) is 66.4 Å². The summed E-state index contributed by atoms with van der Waals surface area (Å²) in [6, 6.07) is 18.0. The van der Waals surface area contributed by atoms with E-state index in [-0.39, 0.29) is 11.6 Å².